The minimum absolute atomic E-state index is 0. The predicted octanol–water partition coefficient (Wildman–Crippen LogP) is 6.13. The Kier molecular flexibility index (Phi) is 10.7. The van der Waals surface area contributed by atoms with E-state index in [9.17, 15) is 0 Å². The summed E-state index contributed by atoms with van der Waals surface area (Å²) in [7, 11) is 0. The van der Waals surface area contributed by atoms with Crippen LogP contribution in [0.25, 0.3) is 0 Å². The molecule has 0 aromatic heterocycles. The molecule has 144 valence electrons. The summed E-state index contributed by atoms with van der Waals surface area (Å²) in [5, 5.41) is 0. The smallest absolute Gasteiger partial charge is 0.119 e. The molecule has 2 rings (SSSR count). The largest absolute Gasteiger partial charge is 0.492 e. The Labute approximate surface area is 169 Å². The van der Waals surface area contributed by atoms with Crippen LogP contribution in [0.5, 0.6) is 5.75 Å². The first-order chi connectivity index (χ1) is 12.1. The van der Waals surface area contributed by atoms with Gasteiger partial charge in [-0.25, -0.2) is 0 Å². The topological polar surface area (TPSA) is 12.5 Å². The summed E-state index contributed by atoms with van der Waals surface area (Å²) in [6, 6.07) is 19.3. The van der Waals surface area contributed by atoms with E-state index in [1.165, 1.54) is 11.1 Å². The number of nitrogens with zero attached hydrogens (tertiary/aromatic N) is 1. The normalized spacial score (nSPS) is 13.1. The molecular weight excluding hydrogens is 365 g/mol. The lowest BCUT2D eigenvalue weighted by molar-refractivity contribution is 0.146. The molecule has 0 radical (unpaired) electrons. The summed E-state index contributed by atoms with van der Waals surface area (Å²) in [6.45, 7) is 9.08. The lowest BCUT2D eigenvalue weighted by Gasteiger charge is -2.28. The average Bonchev–Trinajstić information content (AvgIpc) is 2.66. The molecule has 4 heteroatoms. The highest BCUT2D eigenvalue weighted by atomic mass is 35.5. The zero-order valence-corrected chi connectivity index (χ0v) is 17.6. The highest BCUT2D eigenvalue weighted by molar-refractivity contribution is 6.18. The van der Waals surface area contributed by atoms with Crippen LogP contribution >= 0.6 is 24.0 Å². The van der Waals surface area contributed by atoms with Crippen molar-refractivity contribution in [3.05, 3.63) is 65.7 Å². The van der Waals surface area contributed by atoms with Crippen molar-refractivity contribution in [3.63, 3.8) is 0 Å². The molecule has 0 heterocycles. The molecule has 0 amide bonds. The fourth-order valence-corrected chi connectivity index (χ4v) is 3.05. The molecule has 0 fully saturated rings. The Morgan fingerprint density at radius 2 is 1.65 bits per heavy atom. The van der Waals surface area contributed by atoms with Gasteiger partial charge in [0.25, 0.3) is 0 Å². The summed E-state index contributed by atoms with van der Waals surface area (Å²) < 4.78 is 6.02. The molecule has 2 atom stereocenters. The van der Waals surface area contributed by atoms with E-state index in [1.807, 2.05) is 6.07 Å². The Hall–Kier alpha value is -1.22. The minimum atomic E-state index is 0. The third-order valence-corrected chi connectivity index (χ3v) is 4.95. The van der Waals surface area contributed by atoms with Crippen molar-refractivity contribution in [3.8, 4) is 5.75 Å². The van der Waals surface area contributed by atoms with Gasteiger partial charge < -0.3 is 4.74 Å². The first-order valence-electron chi connectivity index (χ1n) is 9.20. The maximum absolute atomic E-state index is 6.02. The molecule has 0 bridgehead atoms. The van der Waals surface area contributed by atoms with Crippen LogP contribution in [0.2, 0.25) is 0 Å². The summed E-state index contributed by atoms with van der Waals surface area (Å²) in [4.78, 5) is 2.37. The Morgan fingerprint density at radius 3 is 2.23 bits per heavy atom. The van der Waals surface area contributed by atoms with Crippen LogP contribution in [-0.2, 0) is 6.54 Å². The highest BCUT2D eigenvalue weighted by Gasteiger charge is 2.15. The molecule has 0 aliphatic heterocycles. The van der Waals surface area contributed by atoms with E-state index in [0.29, 0.717) is 24.4 Å². The summed E-state index contributed by atoms with van der Waals surface area (Å²) in [5.41, 5.74) is 2.67. The van der Waals surface area contributed by atoms with Crippen molar-refractivity contribution in [2.75, 3.05) is 19.0 Å². The number of ether oxygens (including phenoxy) is 1. The van der Waals surface area contributed by atoms with Crippen molar-refractivity contribution in [2.24, 2.45) is 0 Å². The predicted molar refractivity (Wildman–Crippen MR) is 115 cm³/mol. The highest BCUT2D eigenvalue weighted by Crippen LogP contribution is 2.21. The number of benzene rings is 2. The van der Waals surface area contributed by atoms with Crippen molar-refractivity contribution in [1.29, 1.82) is 0 Å². The summed E-state index contributed by atoms with van der Waals surface area (Å²) in [6.07, 6.45) is 1.16. The fourth-order valence-electron chi connectivity index (χ4n) is 2.83. The van der Waals surface area contributed by atoms with E-state index in [-0.39, 0.29) is 12.4 Å². The maximum Gasteiger partial charge on any atom is 0.119 e. The number of halogens is 2. The molecule has 2 aromatic rings. The third kappa shape index (κ3) is 7.19. The number of alkyl halides is 1. The Bertz CT molecular complexity index is 603. The second kappa shape index (κ2) is 12.2. The van der Waals surface area contributed by atoms with Gasteiger partial charge in [-0.15, -0.1) is 24.0 Å². The van der Waals surface area contributed by atoms with Crippen LogP contribution in [0.3, 0.4) is 0 Å². The monoisotopic (exact) mass is 395 g/mol. The molecule has 0 spiro atoms. The first-order valence-corrected chi connectivity index (χ1v) is 9.74. The Balaban J connectivity index is 0.00000338. The molecule has 0 aliphatic carbocycles. The van der Waals surface area contributed by atoms with Crippen LogP contribution < -0.4 is 4.74 Å². The minimum Gasteiger partial charge on any atom is -0.492 e. The van der Waals surface area contributed by atoms with Gasteiger partial charge in [-0.05, 0) is 42.5 Å². The fraction of sp³-hybridized carbons (Fsp3) is 0.455. The lowest BCUT2D eigenvalue weighted by Crippen LogP contribution is -2.38. The Morgan fingerprint density at radius 1 is 1.00 bits per heavy atom. The summed E-state index contributed by atoms with van der Waals surface area (Å²) >= 11 is 6.00. The van der Waals surface area contributed by atoms with Crippen molar-refractivity contribution < 1.29 is 4.74 Å². The third-order valence-electron chi connectivity index (χ3n) is 4.78. The van der Waals surface area contributed by atoms with Gasteiger partial charge in [-0.1, -0.05) is 56.3 Å². The van der Waals surface area contributed by atoms with Gasteiger partial charge >= 0.3 is 0 Å². The quantitative estimate of drug-likeness (QED) is 0.448. The molecular formula is C22H31Cl2NO. The van der Waals surface area contributed by atoms with Gasteiger partial charge in [0.1, 0.15) is 12.4 Å². The number of hydrogen-bond acceptors (Lipinski definition) is 2. The molecule has 0 saturated carbocycles. The molecule has 26 heavy (non-hydrogen) atoms. The van der Waals surface area contributed by atoms with Crippen molar-refractivity contribution >= 4 is 24.0 Å². The lowest BCUT2D eigenvalue weighted by atomic mass is 9.99. The molecule has 2 nitrogen and oxygen atoms in total. The van der Waals surface area contributed by atoms with Crippen molar-refractivity contribution in [1.82, 2.24) is 4.90 Å². The zero-order valence-electron chi connectivity index (χ0n) is 16.0. The second-order valence-corrected chi connectivity index (χ2v) is 7.06. The van der Waals surface area contributed by atoms with Gasteiger partial charge in [-0.3, -0.25) is 4.90 Å². The van der Waals surface area contributed by atoms with E-state index in [2.05, 4.69) is 74.2 Å². The van der Waals surface area contributed by atoms with Gasteiger partial charge in [0.2, 0.25) is 0 Å². The zero-order chi connectivity index (χ0) is 18.1. The SMILES string of the molecule is CCC(C)c1ccc(OCC(C)N(CCCl)Cc2ccccc2)cc1.Cl. The van der Waals surface area contributed by atoms with Crippen LogP contribution in [-0.4, -0.2) is 30.0 Å². The van der Waals surface area contributed by atoms with Gasteiger partial charge in [0.15, 0.2) is 0 Å². The van der Waals surface area contributed by atoms with Crippen LogP contribution in [0.4, 0.5) is 0 Å². The second-order valence-electron chi connectivity index (χ2n) is 6.68. The van der Waals surface area contributed by atoms with E-state index in [4.69, 9.17) is 16.3 Å². The van der Waals surface area contributed by atoms with E-state index in [0.717, 1.165) is 25.3 Å². The standard InChI is InChI=1S/C22H30ClNO.ClH/c1-4-18(2)21-10-12-22(13-11-21)25-17-19(3)24(15-14-23)16-20-8-6-5-7-9-20;/h5-13,18-19H,4,14-17H2,1-3H3;1H. The van der Waals surface area contributed by atoms with Crippen LogP contribution in [0, 0.1) is 0 Å². The summed E-state index contributed by atoms with van der Waals surface area (Å²) in [5.74, 6) is 2.16. The van der Waals surface area contributed by atoms with Gasteiger partial charge in [0, 0.05) is 25.0 Å². The van der Waals surface area contributed by atoms with Crippen molar-refractivity contribution in [2.45, 2.75) is 45.7 Å². The van der Waals surface area contributed by atoms with Crippen LogP contribution in [0.1, 0.15) is 44.2 Å². The molecule has 0 N–H and O–H groups in total. The average molecular weight is 396 g/mol. The van der Waals surface area contributed by atoms with Gasteiger partial charge in [-0.2, -0.15) is 0 Å². The molecule has 2 aromatic carbocycles. The molecule has 0 aliphatic rings. The van der Waals surface area contributed by atoms with E-state index < -0.39 is 0 Å². The van der Waals surface area contributed by atoms with E-state index >= 15 is 0 Å². The maximum atomic E-state index is 6.02. The molecule has 0 saturated heterocycles. The van der Waals surface area contributed by atoms with Crippen LogP contribution in [0.15, 0.2) is 54.6 Å². The number of rotatable bonds is 10. The number of hydrogen-bond donors (Lipinski definition) is 0. The van der Waals surface area contributed by atoms with Gasteiger partial charge in [0.05, 0.1) is 0 Å². The van der Waals surface area contributed by atoms with E-state index in [1.54, 1.807) is 0 Å². The molecule has 2 unspecified atom stereocenters. The first kappa shape index (κ1) is 22.8.